The van der Waals surface area contributed by atoms with Crippen molar-refractivity contribution < 1.29 is 4.79 Å². The Morgan fingerprint density at radius 1 is 0.938 bits per heavy atom. The van der Waals surface area contributed by atoms with Gasteiger partial charge < -0.3 is 5.73 Å². The first-order chi connectivity index (χ1) is 15.4. The van der Waals surface area contributed by atoms with E-state index in [9.17, 15) is 14.4 Å². The number of para-hydroxylation sites is 1. The van der Waals surface area contributed by atoms with Gasteiger partial charge in [0.05, 0.1) is 5.75 Å². The van der Waals surface area contributed by atoms with Crippen molar-refractivity contribution in [1.29, 1.82) is 0 Å². The first-order valence-corrected chi connectivity index (χ1v) is 10.7. The molecule has 0 amide bonds. The molecule has 32 heavy (non-hydrogen) atoms. The Morgan fingerprint density at radius 3 is 2.22 bits per heavy atom. The number of benzene rings is 2. The quantitative estimate of drug-likeness (QED) is 0.353. The maximum atomic E-state index is 12.9. The van der Waals surface area contributed by atoms with E-state index in [1.54, 1.807) is 0 Å². The van der Waals surface area contributed by atoms with Crippen molar-refractivity contribution >= 4 is 23.4 Å². The highest BCUT2D eigenvalue weighted by Crippen LogP contribution is 2.28. The fraction of sp³-hybridized carbons (Fsp3) is 0.136. The van der Waals surface area contributed by atoms with Crippen molar-refractivity contribution in [3.05, 3.63) is 87.1 Å². The van der Waals surface area contributed by atoms with Crippen LogP contribution in [-0.2, 0) is 14.1 Å². The largest absolute Gasteiger partial charge is 0.384 e. The molecule has 0 atom stereocenters. The van der Waals surface area contributed by atoms with Crippen LogP contribution >= 0.6 is 11.8 Å². The van der Waals surface area contributed by atoms with Crippen molar-refractivity contribution in [1.82, 2.24) is 23.9 Å². The highest BCUT2D eigenvalue weighted by molar-refractivity contribution is 7.99. The fourth-order valence-electron chi connectivity index (χ4n) is 3.27. The lowest BCUT2D eigenvalue weighted by Gasteiger charge is -2.12. The summed E-state index contributed by atoms with van der Waals surface area (Å²) in [5.41, 5.74) is 6.10. The lowest BCUT2D eigenvalue weighted by Crippen LogP contribution is -2.41. The van der Waals surface area contributed by atoms with E-state index in [1.165, 1.54) is 14.1 Å². The number of carbonyl (C=O) groups excluding carboxylic acids is 1. The van der Waals surface area contributed by atoms with Crippen molar-refractivity contribution in [3.63, 3.8) is 0 Å². The molecule has 0 unspecified atom stereocenters. The summed E-state index contributed by atoms with van der Waals surface area (Å²) in [6, 6.07) is 19.1. The maximum Gasteiger partial charge on any atom is 0.332 e. The number of anilines is 1. The van der Waals surface area contributed by atoms with Gasteiger partial charge in [0.15, 0.2) is 16.8 Å². The van der Waals surface area contributed by atoms with Crippen molar-refractivity contribution in [2.75, 3.05) is 11.5 Å². The van der Waals surface area contributed by atoms with Crippen LogP contribution in [0.4, 0.5) is 5.82 Å². The second kappa shape index (κ2) is 8.67. The highest BCUT2D eigenvalue weighted by atomic mass is 32.2. The summed E-state index contributed by atoms with van der Waals surface area (Å²) in [6.45, 7) is 0. The molecule has 2 aromatic heterocycles. The van der Waals surface area contributed by atoms with Crippen LogP contribution in [-0.4, -0.2) is 35.4 Å². The summed E-state index contributed by atoms with van der Waals surface area (Å²) in [5, 5.41) is 9.11. The summed E-state index contributed by atoms with van der Waals surface area (Å²) in [5.74, 6) is -0.118. The number of nitrogen functional groups attached to an aromatic ring is 1. The maximum absolute atomic E-state index is 12.9. The molecule has 0 bridgehead atoms. The Hall–Kier alpha value is -3.92. The summed E-state index contributed by atoms with van der Waals surface area (Å²) >= 11 is 1.14. The van der Waals surface area contributed by atoms with Crippen molar-refractivity contribution in [2.45, 2.75) is 5.16 Å². The van der Waals surface area contributed by atoms with Crippen LogP contribution in [0.2, 0.25) is 0 Å². The normalized spacial score (nSPS) is 10.9. The summed E-state index contributed by atoms with van der Waals surface area (Å²) in [7, 11) is 2.73. The monoisotopic (exact) mass is 448 g/mol. The number of aromatic nitrogens is 5. The molecule has 4 rings (SSSR count). The van der Waals surface area contributed by atoms with E-state index in [0.29, 0.717) is 11.0 Å². The van der Waals surface area contributed by atoms with Crippen LogP contribution in [0, 0.1) is 0 Å². The molecule has 162 valence electrons. The predicted molar refractivity (Wildman–Crippen MR) is 123 cm³/mol. The molecule has 2 aromatic carbocycles. The lowest BCUT2D eigenvalue weighted by atomic mass is 10.2. The third kappa shape index (κ3) is 3.76. The summed E-state index contributed by atoms with van der Waals surface area (Å²) < 4.78 is 3.81. The minimum Gasteiger partial charge on any atom is -0.384 e. The van der Waals surface area contributed by atoms with E-state index >= 15 is 0 Å². The van der Waals surface area contributed by atoms with Gasteiger partial charge in [0.2, 0.25) is 0 Å². The molecule has 2 heterocycles. The van der Waals surface area contributed by atoms with Gasteiger partial charge in [-0.15, -0.1) is 10.2 Å². The van der Waals surface area contributed by atoms with Gasteiger partial charge in [-0.2, -0.15) is 0 Å². The molecule has 4 aromatic rings. The Balaban J connectivity index is 1.71. The van der Waals surface area contributed by atoms with E-state index < -0.39 is 17.0 Å². The van der Waals surface area contributed by atoms with Crippen LogP contribution < -0.4 is 17.0 Å². The number of nitrogens with zero attached hydrogens (tertiary/aromatic N) is 5. The SMILES string of the molecule is Cn1c(N)c(C(=O)CSc2nnc(-c3ccccc3)n2-c2ccccc2)c(=O)n(C)c1=O. The smallest absolute Gasteiger partial charge is 0.332 e. The van der Waals surface area contributed by atoms with E-state index in [1.807, 2.05) is 65.2 Å². The van der Waals surface area contributed by atoms with Crippen molar-refractivity contribution in [2.24, 2.45) is 14.1 Å². The van der Waals surface area contributed by atoms with Gasteiger partial charge in [0.25, 0.3) is 5.56 Å². The number of ketones is 1. The first kappa shape index (κ1) is 21.3. The molecule has 0 spiro atoms. The van der Waals surface area contributed by atoms with E-state index in [-0.39, 0.29) is 17.1 Å². The minimum absolute atomic E-state index is 0.0998. The van der Waals surface area contributed by atoms with E-state index in [0.717, 1.165) is 32.1 Å². The minimum atomic E-state index is -0.717. The Kier molecular flexibility index (Phi) is 5.78. The zero-order valence-electron chi connectivity index (χ0n) is 17.4. The van der Waals surface area contributed by atoms with Crippen LogP contribution in [0.15, 0.2) is 75.4 Å². The number of Topliss-reactive ketones (excluding diaryl/α,β-unsaturated/α-hetero) is 1. The van der Waals surface area contributed by atoms with Crippen molar-refractivity contribution in [3.8, 4) is 17.1 Å². The predicted octanol–water partition coefficient (Wildman–Crippen LogP) is 1.89. The molecule has 10 heteroatoms. The molecule has 2 N–H and O–H groups in total. The first-order valence-electron chi connectivity index (χ1n) is 9.68. The van der Waals surface area contributed by atoms with Gasteiger partial charge in [0.1, 0.15) is 11.4 Å². The van der Waals surface area contributed by atoms with Gasteiger partial charge in [0, 0.05) is 25.3 Å². The second-order valence-electron chi connectivity index (χ2n) is 7.02. The molecule has 0 fully saturated rings. The molecule has 0 radical (unpaired) electrons. The Labute approximate surface area is 187 Å². The van der Waals surface area contributed by atoms with Crippen LogP contribution in [0.3, 0.4) is 0 Å². The van der Waals surface area contributed by atoms with Crippen LogP contribution in [0.1, 0.15) is 10.4 Å². The molecule has 0 aliphatic carbocycles. The molecule has 0 saturated carbocycles. The summed E-state index contributed by atoms with van der Waals surface area (Å²) in [6.07, 6.45) is 0. The number of hydrogen-bond donors (Lipinski definition) is 1. The molecule has 9 nitrogen and oxygen atoms in total. The van der Waals surface area contributed by atoms with Gasteiger partial charge in [-0.05, 0) is 12.1 Å². The summed E-state index contributed by atoms with van der Waals surface area (Å²) in [4.78, 5) is 37.4. The Bertz CT molecular complexity index is 1410. The number of rotatable bonds is 6. The standard InChI is InChI=1S/C22H20N6O3S/c1-26-18(23)17(20(30)27(2)22(26)31)16(29)13-32-21-25-24-19(14-9-5-3-6-10-14)28(21)15-11-7-4-8-12-15/h3-12H,13,23H2,1-2H3. The second-order valence-corrected chi connectivity index (χ2v) is 7.96. The van der Waals surface area contributed by atoms with E-state index in [4.69, 9.17) is 5.73 Å². The van der Waals surface area contributed by atoms with Crippen LogP contribution in [0.5, 0.6) is 0 Å². The lowest BCUT2D eigenvalue weighted by molar-refractivity contribution is 0.102. The average Bonchev–Trinajstić information content (AvgIpc) is 3.25. The molecular formula is C22H20N6O3S. The number of carbonyl (C=O) groups is 1. The molecule has 0 aliphatic heterocycles. The third-order valence-corrected chi connectivity index (χ3v) is 5.93. The Morgan fingerprint density at radius 2 is 1.56 bits per heavy atom. The zero-order chi connectivity index (χ0) is 22.8. The number of hydrogen-bond acceptors (Lipinski definition) is 7. The molecule has 0 saturated heterocycles. The van der Waals surface area contributed by atoms with Gasteiger partial charge in [-0.25, -0.2) is 4.79 Å². The fourth-order valence-corrected chi connectivity index (χ4v) is 4.10. The van der Waals surface area contributed by atoms with E-state index in [2.05, 4.69) is 10.2 Å². The topological polar surface area (TPSA) is 118 Å². The zero-order valence-corrected chi connectivity index (χ0v) is 18.2. The number of thioether (sulfide) groups is 1. The molecular weight excluding hydrogens is 428 g/mol. The van der Waals surface area contributed by atoms with Gasteiger partial charge in [-0.1, -0.05) is 60.3 Å². The average molecular weight is 449 g/mol. The molecule has 0 aliphatic rings. The highest BCUT2D eigenvalue weighted by Gasteiger charge is 2.22. The van der Waals surface area contributed by atoms with Gasteiger partial charge >= 0.3 is 5.69 Å². The number of nitrogens with two attached hydrogens (primary N) is 1. The van der Waals surface area contributed by atoms with Crippen LogP contribution in [0.25, 0.3) is 17.1 Å². The third-order valence-electron chi connectivity index (χ3n) is 5.00. The van der Waals surface area contributed by atoms with Gasteiger partial charge in [-0.3, -0.25) is 23.3 Å².